The lowest BCUT2D eigenvalue weighted by molar-refractivity contribution is -0.121. The van der Waals surface area contributed by atoms with Crippen LogP contribution in [0.1, 0.15) is 46.1 Å². The zero-order chi connectivity index (χ0) is 15.5. The molecule has 3 nitrogen and oxygen atoms in total. The van der Waals surface area contributed by atoms with Crippen molar-refractivity contribution in [2.45, 2.75) is 31.7 Å². The number of fused-ring (bicyclic) bond motifs is 1. The predicted octanol–water partition coefficient (Wildman–Crippen LogP) is 3.65. The Hall–Kier alpha value is -2.01. The molecule has 1 aromatic heterocycles. The highest BCUT2D eigenvalue weighted by Crippen LogP contribution is 2.32. The smallest absolute Gasteiger partial charge is 0.220 e. The number of Topliss-reactive ketones (excluding diaryl/α,β-unsaturated/α-hetero) is 1. The van der Waals surface area contributed by atoms with E-state index in [0.29, 0.717) is 23.3 Å². The second-order valence-corrected chi connectivity index (χ2v) is 6.31. The van der Waals surface area contributed by atoms with E-state index in [4.69, 9.17) is 0 Å². The number of rotatable bonds is 5. The molecule has 0 unspecified atom stereocenters. The van der Waals surface area contributed by atoms with Gasteiger partial charge in [0, 0.05) is 12.8 Å². The van der Waals surface area contributed by atoms with E-state index in [0.717, 1.165) is 5.56 Å². The molecule has 2 aromatic rings. The Morgan fingerprint density at radius 1 is 1.23 bits per heavy atom. The van der Waals surface area contributed by atoms with Crippen molar-refractivity contribution < 1.29 is 14.0 Å². The van der Waals surface area contributed by atoms with E-state index in [-0.39, 0.29) is 36.4 Å². The maximum Gasteiger partial charge on any atom is 0.220 e. The number of carbonyl (C=O) groups excluding carboxylic acids is 2. The van der Waals surface area contributed by atoms with E-state index < -0.39 is 0 Å². The summed E-state index contributed by atoms with van der Waals surface area (Å²) >= 11 is 1.38. The monoisotopic (exact) mass is 317 g/mol. The van der Waals surface area contributed by atoms with Gasteiger partial charge in [0.15, 0.2) is 5.78 Å². The molecule has 5 heteroatoms. The van der Waals surface area contributed by atoms with Gasteiger partial charge in [0.25, 0.3) is 0 Å². The Kier molecular flexibility index (Phi) is 4.34. The van der Waals surface area contributed by atoms with Gasteiger partial charge in [-0.05, 0) is 41.5 Å². The molecule has 0 bridgehead atoms. The number of thiophene rings is 1. The quantitative estimate of drug-likeness (QED) is 0.856. The maximum atomic E-state index is 13.7. The van der Waals surface area contributed by atoms with Crippen LogP contribution in [-0.4, -0.2) is 11.7 Å². The first-order valence-electron chi connectivity index (χ1n) is 7.28. The van der Waals surface area contributed by atoms with Crippen molar-refractivity contribution in [3.8, 4) is 0 Å². The van der Waals surface area contributed by atoms with Crippen molar-refractivity contribution in [1.82, 2.24) is 5.32 Å². The number of hydrogen-bond donors (Lipinski definition) is 1. The molecule has 0 aliphatic heterocycles. The lowest BCUT2D eigenvalue weighted by Crippen LogP contribution is -2.27. The van der Waals surface area contributed by atoms with Crippen LogP contribution in [0.2, 0.25) is 0 Å². The molecule has 0 fully saturated rings. The molecule has 0 saturated carbocycles. The van der Waals surface area contributed by atoms with Crippen molar-refractivity contribution >= 4 is 23.0 Å². The third kappa shape index (κ3) is 3.09. The molecule has 1 heterocycles. The van der Waals surface area contributed by atoms with Crippen molar-refractivity contribution in [3.05, 3.63) is 57.5 Å². The zero-order valence-electron chi connectivity index (χ0n) is 12.0. The minimum Gasteiger partial charge on any atom is -0.349 e. The van der Waals surface area contributed by atoms with Crippen LogP contribution >= 0.6 is 11.3 Å². The zero-order valence-corrected chi connectivity index (χ0v) is 12.8. The minimum absolute atomic E-state index is 0.0111. The van der Waals surface area contributed by atoms with Crippen molar-refractivity contribution in [1.29, 1.82) is 0 Å². The molecule has 1 aromatic carbocycles. The minimum atomic E-state index is -0.206. The van der Waals surface area contributed by atoms with Crippen molar-refractivity contribution in [3.63, 3.8) is 0 Å². The fourth-order valence-corrected chi connectivity index (χ4v) is 3.51. The van der Waals surface area contributed by atoms with Gasteiger partial charge in [-0.3, -0.25) is 9.59 Å². The van der Waals surface area contributed by atoms with Gasteiger partial charge in [0.2, 0.25) is 5.91 Å². The summed E-state index contributed by atoms with van der Waals surface area (Å²) in [6.45, 7) is 0. The van der Waals surface area contributed by atoms with Crippen LogP contribution in [0, 0.1) is 5.82 Å². The number of nitrogens with one attached hydrogen (secondary N) is 1. The summed E-state index contributed by atoms with van der Waals surface area (Å²) in [6.07, 6.45) is 1.72. The molecule has 1 N–H and O–H groups in total. The average molecular weight is 317 g/mol. The summed E-state index contributed by atoms with van der Waals surface area (Å²) in [6, 6.07) is 8.41. The van der Waals surface area contributed by atoms with Crippen LogP contribution in [-0.2, 0) is 11.2 Å². The van der Waals surface area contributed by atoms with Crippen LogP contribution in [0.4, 0.5) is 4.39 Å². The van der Waals surface area contributed by atoms with Gasteiger partial charge in [-0.1, -0.05) is 18.2 Å². The van der Waals surface area contributed by atoms with Gasteiger partial charge in [0.1, 0.15) is 5.82 Å². The van der Waals surface area contributed by atoms with Gasteiger partial charge in [-0.2, -0.15) is 0 Å². The largest absolute Gasteiger partial charge is 0.349 e. The number of hydrogen-bond acceptors (Lipinski definition) is 3. The second kappa shape index (κ2) is 6.40. The predicted molar refractivity (Wildman–Crippen MR) is 83.5 cm³/mol. The maximum absolute atomic E-state index is 13.7. The van der Waals surface area contributed by atoms with Gasteiger partial charge < -0.3 is 5.32 Å². The normalized spacial score (nSPS) is 16.3. The Balaban J connectivity index is 1.56. The number of halogens is 1. The highest BCUT2D eigenvalue weighted by molar-refractivity contribution is 7.12. The number of carbonyl (C=O) groups is 2. The van der Waals surface area contributed by atoms with Crippen LogP contribution in [0.25, 0.3) is 0 Å². The third-order valence-electron chi connectivity index (χ3n) is 3.92. The number of amides is 1. The van der Waals surface area contributed by atoms with E-state index in [1.807, 2.05) is 17.5 Å². The third-order valence-corrected chi connectivity index (χ3v) is 4.83. The molecule has 0 saturated heterocycles. The topological polar surface area (TPSA) is 46.2 Å². The molecule has 1 atom stereocenters. The molecule has 3 rings (SSSR count). The van der Waals surface area contributed by atoms with Gasteiger partial charge in [-0.15, -0.1) is 11.3 Å². The summed E-state index contributed by atoms with van der Waals surface area (Å²) < 4.78 is 13.7. The molecule has 0 radical (unpaired) electrons. The van der Waals surface area contributed by atoms with E-state index in [9.17, 15) is 14.0 Å². The van der Waals surface area contributed by atoms with Gasteiger partial charge in [-0.25, -0.2) is 4.39 Å². The Bertz CT molecular complexity index is 697. The number of ketones is 1. The fraction of sp³-hybridized carbons (Fsp3) is 0.294. The number of benzene rings is 1. The molecular formula is C17H16FNO2S. The van der Waals surface area contributed by atoms with E-state index in [1.165, 1.54) is 17.4 Å². The van der Waals surface area contributed by atoms with Gasteiger partial charge in [0.05, 0.1) is 10.9 Å². The van der Waals surface area contributed by atoms with Crippen LogP contribution in [0.15, 0.2) is 35.7 Å². The van der Waals surface area contributed by atoms with Crippen LogP contribution in [0.5, 0.6) is 0 Å². The van der Waals surface area contributed by atoms with Gasteiger partial charge >= 0.3 is 0 Å². The van der Waals surface area contributed by atoms with E-state index >= 15 is 0 Å². The van der Waals surface area contributed by atoms with Crippen LogP contribution in [0.3, 0.4) is 0 Å². The summed E-state index contributed by atoms with van der Waals surface area (Å²) in [7, 11) is 0. The first-order chi connectivity index (χ1) is 10.6. The molecule has 22 heavy (non-hydrogen) atoms. The fourth-order valence-electron chi connectivity index (χ4n) is 2.81. The van der Waals surface area contributed by atoms with Crippen molar-refractivity contribution in [2.24, 2.45) is 0 Å². The molecule has 0 spiro atoms. The lowest BCUT2D eigenvalue weighted by atomic mass is 10.1. The first-order valence-corrected chi connectivity index (χ1v) is 8.16. The first kappa shape index (κ1) is 14.9. The molecule has 114 valence electrons. The van der Waals surface area contributed by atoms with E-state index in [1.54, 1.807) is 12.1 Å². The molecule has 1 amide bonds. The average Bonchev–Trinajstić information content (AvgIpc) is 3.16. The standard InChI is InChI=1S/C17H16FNO2S/c18-13-4-1-3-12-11(13)6-7-14(12)19-17(21)9-8-15(20)16-5-2-10-22-16/h1-5,10,14H,6-9H2,(H,19,21)/t14-/m1/s1. The molecule has 1 aliphatic rings. The summed E-state index contributed by atoms with van der Waals surface area (Å²) in [5.41, 5.74) is 1.56. The summed E-state index contributed by atoms with van der Waals surface area (Å²) in [4.78, 5) is 24.6. The summed E-state index contributed by atoms with van der Waals surface area (Å²) in [5.74, 6) is -0.378. The SMILES string of the molecule is O=C(CCC(=O)c1cccs1)N[C@@H]1CCc2c(F)cccc21. The molecule has 1 aliphatic carbocycles. The Morgan fingerprint density at radius 2 is 2.09 bits per heavy atom. The van der Waals surface area contributed by atoms with E-state index in [2.05, 4.69) is 5.32 Å². The Morgan fingerprint density at radius 3 is 2.86 bits per heavy atom. The summed E-state index contributed by atoms with van der Waals surface area (Å²) in [5, 5.41) is 4.75. The molecular weight excluding hydrogens is 301 g/mol. The second-order valence-electron chi connectivity index (χ2n) is 5.37. The highest BCUT2D eigenvalue weighted by atomic mass is 32.1. The lowest BCUT2D eigenvalue weighted by Gasteiger charge is -2.14. The van der Waals surface area contributed by atoms with Crippen molar-refractivity contribution in [2.75, 3.05) is 0 Å². The highest BCUT2D eigenvalue weighted by Gasteiger charge is 2.26. The van der Waals surface area contributed by atoms with Crippen LogP contribution < -0.4 is 5.32 Å². The Labute approximate surface area is 132 Å².